The molecular formula is C16H6F12O2. The second kappa shape index (κ2) is 5.84. The maximum absolute atomic E-state index is 14.0. The number of aliphatic hydroxyl groups excluding tert-OH is 1. The number of carbonyl (C=O) groups excluding carboxylic acids is 1. The number of rotatable bonds is 2. The molecule has 166 valence electrons. The van der Waals surface area contributed by atoms with Gasteiger partial charge in [-0.15, -0.1) is 0 Å². The van der Waals surface area contributed by atoms with Crippen molar-refractivity contribution in [2.75, 3.05) is 0 Å². The highest BCUT2D eigenvalue weighted by molar-refractivity contribution is 6.06. The molecule has 0 aliphatic heterocycles. The Morgan fingerprint density at radius 3 is 1.77 bits per heavy atom. The average Bonchev–Trinajstić information content (AvgIpc) is 2.89. The molecule has 2 nitrogen and oxygen atoms in total. The van der Waals surface area contributed by atoms with Gasteiger partial charge < -0.3 is 5.11 Å². The van der Waals surface area contributed by atoms with Gasteiger partial charge in [-0.3, -0.25) is 4.79 Å². The summed E-state index contributed by atoms with van der Waals surface area (Å²) < 4.78 is 163. The summed E-state index contributed by atoms with van der Waals surface area (Å²) in [6, 6.07) is 0.540. The first-order chi connectivity index (χ1) is 13.3. The van der Waals surface area contributed by atoms with E-state index in [1.54, 1.807) is 0 Å². The number of Topliss-reactive ketones (excluding diaryl/α,β-unsaturated/α-hetero) is 1. The summed E-state index contributed by atoms with van der Waals surface area (Å²) in [6.45, 7) is 0. The van der Waals surface area contributed by atoms with Crippen molar-refractivity contribution in [3.63, 3.8) is 0 Å². The van der Waals surface area contributed by atoms with Crippen LogP contribution in [0.15, 0.2) is 17.7 Å². The molecule has 0 bridgehead atoms. The zero-order chi connectivity index (χ0) is 23.2. The normalized spacial score (nSPS) is 25.9. The summed E-state index contributed by atoms with van der Waals surface area (Å²) >= 11 is 0. The quantitative estimate of drug-likeness (QED) is 0.622. The second-order valence-corrected chi connectivity index (χ2v) is 6.69. The lowest BCUT2D eigenvalue weighted by Gasteiger charge is -2.49. The molecular weight excluding hydrogens is 452 g/mol. The van der Waals surface area contributed by atoms with Crippen molar-refractivity contribution in [1.82, 2.24) is 0 Å². The molecule has 0 spiro atoms. The number of hydrogen-bond acceptors (Lipinski definition) is 2. The highest BCUT2D eigenvalue weighted by atomic mass is 19.4. The van der Waals surface area contributed by atoms with Crippen molar-refractivity contribution in [1.29, 1.82) is 0 Å². The highest BCUT2D eigenvalue weighted by Crippen LogP contribution is 2.67. The van der Waals surface area contributed by atoms with Crippen LogP contribution in [0.1, 0.15) is 11.1 Å². The van der Waals surface area contributed by atoms with Gasteiger partial charge in [0.05, 0.1) is 5.56 Å². The van der Waals surface area contributed by atoms with E-state index in [0.29, 0.717) is 6.07 Å². The summed E-state index contributed by atoms with van der Waals surface area (Å²) in [4.78, 5) is 12.2. The summed E-state index contributed by atoms with van der Waals surface area (Å²) in [5, 5.41) is 9.80. The molecule has 3 rings (SSSR count). The lowest BCUT2D eigenvalue weighted by Crippen LogP contribution is -2.78. The fraction of sp³-hybridized carbons (Fsp3) is 0.438. The van der Waals surface area contributed by atoms with Gasteiger partial charge in [0, 0.05) is 18.1 Å². The van der Waals surface area contributed by atoms with Gasteiger partial charge in [-0.2, -0.15) is 43.9 Å². The average molecular weight is 458 g/mol. The van der Waals surface area contributed by atoms with Crippen molar-refractivity contribution < 1.29 is 62.6 Å². The van der Waals surface area contributed by atoms with Gasteiger partial charge in [0.1, 0.15) is 17.4 Å². The van der Waals surface area contributed by atoms with Gasteiger partial charge in [0.2, 0.25) is 0 Å². The SMILES string of the molecule is O=C(C1=C(O)c2c(F)cc(F)cc2C1)C1C(F)(F)C(F)(F)C(F)(F)C(F)(F)C1(F)F. The predicted molar refractivity (Wildman–Crippen MR) is 72.8 cm³/mol. The van der Waals surface area contributed by atoms with E-state index >= 15 is 0 Å². The maximum Gasteiger partial charge on any atom is 0.384 e. The molecule has 0 heterocycles. The number of alkyl halides is 10. The first-order valence-corrected chi connectivity index (χ1v) is 7.67. The van der Waals surface area contributed by atoms with Crippen molar-refractivity contribution in [3.05, 3.63) is 40.5 Å². The molecule has 0 saturated heterocycles. The minimum Gasteiger partial charge on any atom is -0.507 e. The molecule has 2 aliphatic rings. The Morgan fingerprint density at radius 1 is 0.833 bits per heavy atom. The lowest BCUT2D eigenvalue weighted by atomic mass is 9.71. The number of benzene rings is 1. The molecule has 1 aromatic carbocycles. The summed E-state index contributed by atoms with van der Waals surface area (Å²) in [7, 11) is 0. The van der Waals surface area contributed by atoms with Crippen LogP contribution in [0.4, 0.5) is 52.7 Å². The first-order valence-electron chi connectivity index (χ1n) is 7.67. The molecule has 30 heavy (non-hydrogen) atoms. The molecule has 14 heteroatoms. The molecule has 1 aromatic rings. The number of aliphatic hydroxyl groups is 1. The molecule has 1 fully saturated rings. The van der Waals surface area contributed by atoms with Crippen LogP contribution in [0.3, 0.4) is 0 Å². The molecule has 2 aliphatic carbocycles. The van der Waals surface area contributed by atoms with Crippen LogP contribution in [0, 0.1) is 17.6 Å². The Kier molecular flexibility index (Phi) is 4.34. The van der Waals surface area contributed by atoms with E-state index in [1.165, 1.54) is 0 Å². The highest BCUT2D eigenvalue weighted by Gasteiger charge is 2.96. The number of ketones is 1. The molecule has 0 radical (unpaired) electrons. The second-order valence-electron chi connectivity index (χ2n) is 6.69. The Hall–Kier alpha value is -2.41. The zero-order valence-corrected chi connectivity index (χ0v) is 13.8. The van der Waals surface area contributed by atoms with E-state index in [9.17, 15) is 62.6 Å². The predicted octanol–water partition coefficient (Wildman–Crippen LogP) is 5.17. The van der Waals surface area contributed by atoms with Crippen LogP contribution in [0.25, 0.3) is 5.76 Å². The van der Waals surface area contributed by atoms with Gasteiger partial charge in [-0.25, -0.2) is 8.78 Å². The fourth-order valence-corrected chi connectivity index (χ4v) is 3.37. The molecule has 0 amide bonds. The molecule has 1 N–H and O–H groups in total. The van der Waals surface area contributed by atoms with Crippen LogP contribution >= 0.6 is 0 Å². The third-order valence-corrected chi connectivity index (χ3v) is 4.94. The van der Waals surface area contributed by atoms with Crippen LogP contribution in [0.2, 0.25) is 0 Å². The van der Waals surface area contributed by atoms with Gasteiger partial charge in [-0.05, 0) is 11.6 Å². The van der Waals surface area contributed by atoms with E-state index in [1.807, 2.05) is 0 Å². The van der Waals surface area contributed by atoms with Crippen LogP contribution in [-0.4, -0.2) is 40.5 Å². The van der Waals surface area contributed by atoms with Crippen LogP contribution < -0.4 is 0 Å². The van der Waals surface area contributed by atoms with E-state index < -0.39 is 81.8 Å². The number of hydrogen-bond donors (Lipinski definition) is 1. The van der Waals surface area contributed by atoms with Gasteiger partial charge in [-0.1, -0.05) is 0 Å². The summed E-state index contributed by atoms with van der Waals surface area (Å²) in [5.41, 5.74) is -3.40. The molecule has 0 unspecified atom stereocenters. The van der Waals surface area contributed by atoms with Gasteiger partial charge in [0.15, 0.2) is 11.7 Å². The molecule has 0 atom stereocenters. The third kappa shape index (κ3) is 2.32. The Morgan fingerprint density at radius 2 is 1.30 bits per heavy atom. The van der Waals surface area contributed by atoms with Crippen LogP contribution in [-0.2, 0) is 11.2 Å². The Labute approximate surface area is 157 Å². The summed E-state index contributed by atoms with van der Waals surface area (Å²) in [5.74, 6) is -47.5. The number of halogens is 12. The summed E-state index contributed by atoms with van der Waals surface area (Å²) in [6.07, 6.45) is -1.29. The third-order valence-electron chi connectivity index (χ3n) is 4.94. The first kappa shape index (κ1) is 22.3. The number of fused-ring (bicyclic) bond motifs is 1. The van der Waals surface area contributed by atoms with E-state index in [-0.39, 0.29) is 6.07 Å². The largest absolute Gasteiger partial charge is 0.507 e. The van der Waals surface area contributed by atoms with Crippen LogP contribution in [0.5, 0.6) is 0 Å². The Bertz CT molecular complexity index is 949. The molecule has 1 saturated carbocycles. The monoisotopic (exact) mass is 458 g/mol. The maximum atomic E-state index is 14.0. The standard InChI is InChI=1S/C16H6F12O2/c17-5-1-4-2-6(9(29)8(4)7(18)3-5)10(30)11-12(19,20)14(23,24)16(27,28)15(25,26)13(11,21)22/h1,3,11,29H,2H2. The van der Waals surface area contributed by atoms with Crippen molar-refractivity contribution in [3.8, 4) is 0 Å². The minimum atomic E-state index is -7.26. The van der Waals surface area contributed by atoms with E-state index in [2.05, 4.69) is 0 Å². The van der Waals surface area contributed by atoms with Gasteiger partial charge in [0.25, 0.3) is 0 Å². The minimum absolute atomic E-state index is 0.120. The Balaban J connectivity index is 2.20. The van der Waals surface area contributed by atoms with E-state index in [4.69, 9.17) is 0 Å². The van der Waals surface area contributed by atoms with E-state index in [0.717, 1.165) is 0 Å². The molecule has 0 aromatic heterocycles. The topological polar surface area (TPSA) is 37.3 Å². The fourth-order valence-electron chi connectivity index (χ4n) is 3.37. The van der Waals surface area contributed by atoms with Crippen molar-refractivity contribution in [2.24, 2.45) is 5.92 Å². The van der Waals surface area contributed by atoms with Crippen molar-refractivity contribution in [2.45, 2.75) is 36.0 Å². The van der Waals surface area contributed by atoms with Crippen molar-refractivity contribution >= 4 is 11.5 Å². The number of carbonyl (C=O) groups is 1. The van der Waals surface area contributed by atoms with Gasteiger partial charge >= 0.3 is 29.6 Å². The number of allylic oxidation sites excluding steroid dienone is 1. The zero-order valence-electron chi connectivity index (χ0n) is 13.8. The lowest BCUT2D eigenvalue weighted by molar-refractivity contribution is -0.456. The smallest absolute Gasteiger partial charge is 0.384 e.